The lowest BCUT2D eigenvalue weighted by molar-refractivity contribution is -0.134. The van der Waals surface area contributed by atoms with Crippen LogP contribution in [-0.2, 0) is 9.53 Å². The van der Waals surface area contributed by atoms with Gasteiger partial charge in [0, 0.05) is 6.08 Å². The van der Waals surface area contributed by atoms with Gasteiger partial charge in [-0.3, -0.25) is 0 Å². The average Bonchev–Trinajstić information content (AvgIpc) is 3.07. The molecule has 0 unspecified atom stereocenters. The molecule has 2 aliphatic rings. The molecule has 2 aliphatic carbocycles. The molecule has 0 fully saturated rings. The Morgan fingerprint density at radius 1 is 1.00 bits per heavy atom. The second-order valence-electron chi connectivity index (χ2n) is 3.46. The Morgan fingerprint density at radius 3 is 1.56 bits per heavy atom. The van der Waals surface area contributed by atoms with Crippen LogP contribution in [-0.4, -0.2) is 13.1 Å². The lowest BCUT2D eigenvalue weighted by Crippen LogP contribution is -1.91. The van der Waals surface area contributed by atoms with Crippen LogP contribution in [0.1, 0.15) is 0 Å². The second-order valence-corrected chi connectivity index (χ2v) is 3.46. The Hall–Kier alpha value is -2.35. The number of methoxy groups -OCH3 is 1. The van der Waals surface area contributed by atoms with Crippen molar-refractivity contribution in [1.82, 2.24) is 0 Å². The maximum absolute atomic E-state index is 9.84. The highest BCUT2D eigenvalue weighted by molar-refractivity contribution is 5.81. The number of carbonyl (C=O) groups excluding carboxylic acids is 1. The van der Waals surface area contributed by atoms with Gasteiger partial charge in [-0.05, 0) is 17.2 Å². The van der Waals surface area contributed by atoms with Crippen molar-refractivity contribution in [2.24, 2.45) is 0 Å². The van der Waals surface area contributed by atoms with Crippen molar-refractivity contribution in [1.29, 1.82) is 0 Å². The van der Waals surface area contributed by atoms with Gasteiger partial charge in [0.05, 0.1) is 7.11 Å². The van der Waals surface area contributed by atoms with Crippen molar-refractivity contribution in [3.8, 4) is 11.1 Å². The summed E-state index contributed by atoms with van der Waals surface area (Å²) in [6.07, 6.45) is 1.11. The van der Waals surface area contributed by atoms with Gasteiger partial charge in [0.25, 0.3) is 0 Å². The molecule has 2 heteroatoms. The molecule has 0 saturated carbocycles. The first-order valence-corrected chi connectivity index (χ1v) is 5.58. The molecule has 18 heavy (non-hydrogen) atoms. The minimum atomic E-state index is -0.394. The summed E-state index contributed by atoms with van der Waals surface area (Å²) in [6, 6.07) is 20.5. The summed E-state index contributed by atoms with van der Waals surface area (Å²) in [5, 5.41) is 0. The predicted molar refractivity (Wildman–Crippen MR) is 74.1 cm³/mol. The summed E-state index contributed by atoms with van der Waals surface area (Å²) in [5.74, 6) is -0.394. The Bertz CT molecular complexity index is 446. The monoisotopic (exact) mass is 240 g/mol. The van der Waals surface area contributed by atoms with Crippen LogP contribution in [0.3, 0.4) is 0 Å². The van der Waals surface area contributed by atoms with Crippen molar-refractivity contribution in [2.45, 2.75) is 0 Å². The summed E-state index contributed by atoms with van der Waals surface area (Å²) in [4.78, 5) is 9.84. The number of fused-ring (bicyclic) bond motifs is 1. The van der Waals surface area contributed by atoms with Crippen LogP contribution in [0, 0.1) is 0 Å². The van der Waals surface area contributed by atoms with E-state index < -0.39 is 5.97 Å². The van der Waals surface area contributed by atoms with Crippen LogP contribution in [0.4, 0.5) is 0 Å². The van der Waals surface area contributed by atoms with E-state index in [4.69, 9.17) is 0 Å². The van der Waals surface area contributed by atoms with E-state index in [1.165, 1.54) is 18.2 Å². The quantitative estimate of drug-likeness (QED) is 0.479. The second kappa shape index (κ2) is 7.85. The maximum atomic E-state index is 9.84. The van der Waals surface area contributed by atoms with Crippen LogP contribution < -0.4 is 0 Å². The number of benzene rings is 2. The summed E-state index contributed by atoms with van der Waals surface area (Å²) < 4.78 is 4.14. The van der Waals surface area contributed by atoms with Gasteiger partial charge in [-0.2, -0.15) is 0 Å². The fourth-order valence-corrected chi connectivity index (χ4v) is 1.14. The molecule has 0 N–H and O–H groups in total. The van der Waals surface area contributed by atoms with Crippen LogP contribution in [0.2, 0.25) is 0 Å². The number of rotatable bonds is 1. The van der Waals surface area contributed by atoms with Gasteiger partial charge in [0.15, 0.2) is 0 Å². The molecule has 0 aromatic heterocycles. The molecule has 2 nitrogen and oxygen atoms in total. The van der Waals surface area contributed by atoms with Crippen molar-refractivity contribution in [3.63, 3.8) is 0 Å². The van der Waals surface area contributed by atoms with Crippen LogP contribution in [0.15, 0.2) is 73.3 Å². The fraction of sp³-hybridized carbons (Fsp3) is 0.0625. The first-order valence-electron chi connectivity index (χ1n) is 5.58. The first kappa shape index (κ1) is 13.7. The van der Waals surface area contributed by atoms with E-state index in [0.29, 0.717) is 0 Å². The average molecular weight is 240 g/mol. The van der Waals surface area contributed by atoms with Crippen molar-refractivity contribution >= 4 is 5.97 Å². The SMILES string of the molecule is C=CC(=O)OC.c1cc2cc-2c1.c1ccccc1. The summed E-state index contributed by atoms with van der Waals surface area (Å²) in [7, 11) is 1.31. The molecule has 1 aromatic carbocycles. The number of hydrogen-bond acceptors (Lipinski definition) is 2. The van der Waals surface area contributed by atoms with Crippen molar-refractivity contribution < 1.29 is 9.53 Å². The normalized spacial score (nSPS) is 8.72. The third-order valence-electron chi connectivity index (χ3n) is 2.15. The van der Waals surface area contributed by atoms with Gasteiger partial charge in [-0.1, -0.05) is 61.2 Å². The molecule has 0 amide bonds. The third kappa shape index (κ3) is 5.66. The van der Waals surface area contributed by atoms with E-state index >= 15 is 0 Å². The van der Waals surface area contributed by atoms with E-state index in [1.54, 1.807) is 0 Å². The molecule has 0 aliphatic heterocycles. The Labute approximate surface area is 108 Å². The minimum absolute atomic E-state index is 0.394. The van der Waals surface area contributed by atoms with Gasteiger partial charge in [-0.15, -0.1) is 0 Å². The molecule has 0 bridgehead atoms. The van der Waals surface area contributed by atoms with Gasteiger partial charge in [0.1, 0.15) is 0 Å². The Kier molecular flexibility index (Phi) is 5.98. The molecule has 0 atom stereocenters. The van der Waals surface area contributed by atoms with E-state index in [0.717, 1.165) is 6.08 Å². The molecule has 0 radical (unpaired) electrons. The summed E-state index contributed by atoms with van der Waals surface area (Å²) in [6.45, 7) is 3.16. The topological polar surface area (TPSA) is 26.3 Å². The van der Waals surface area contributed by atoms with Gasteiger partial charge in [0.2, 0.25) is 0 Å². The minimum Gasteiger partial charge on any atom is -0.466 e. The van der Waals surface area contributed by atoms with E-state index in [9.17, 15) is 4.79 Å². The number of hydrogen-bond donors (Lipinski definition) is 0. The maximum Gasteiger partial charge on any atom is 0.329 e. The van der Waals surface area contributed by atoms with Gasteiger partial charge in [-0.25, -0.2) is 4.79 Å². The molecule has 92 valence electrons. The standard InChI is InChI=1S/C6H4.C6H6.C4H6O2/c1-2-5-4-6(5)3-1;1-2-4-6-5-3-1;1-3-4(5)6-2/h1-4H;1-6H;3H,1H2,2H3. The highest BCUT2D eigenvalue weighted by Crippen LogP contribution is 2.32. The molecular weight excluding hydrogens is 224 g/mol. The lowest BCUT2D eigenvalue weighted by atomic mass is 10.4. The third-order valence-corrected chi connectivity index (χ3v) is 2.15. The zero-order valence-corrected chi connectivity index (χ0v) is 10.4. The number of carbonyl (C=O) groups is 1. The molecular formula is C16H16O2. The van der Waals surface area contributed by atoms with Crippen LogP contribution in [0.25, 0.3) is 11.1 Å². The van der Waals surface area contributed by atoms with Crippen molar-refractivity contribution in [3.05, 3.63) is 73.3 Å². The summed E-state index contributed by atoms with van der Waals surface area (Å²) in [5.41, 5.74) is 2.85. The molecule has 0 spiro atoms. The smallest absolute Gasteiger partial charge is 0.329 e. The molecule has 3 rings (SSSR count). The van der Waals surface area contributed by atoms with E-state index in [2.05, 4.69) is 35.6 Å². The van der Waals surface area contributed by atoms with Gasteiger partial charge >= 0.3 is 5.97 Å². The van der Waals surface area contributed by atoms with Crippen LogP contribution >= 0.6 is 0 Å². The van der Waals surface area contributed by atoms with Crippen LogP contribution in [0.5, 0.6) is 0 Å². The molecule has 1 aromatic rings. The lowest BCUT2D eigenvalue weighted by Gasteiger charge is -1.83. The van der Waals surface area contributed by atoms with Crippen molar-refractivity contribution in [2.75, 3.05) is 7.11 Å². The highest BCUT2D eigenvalue weighted by atomic mass is 16.5. The predicted octanol–water partition coefficient (Wildman–Crippen LogP) is 3.70. The van der Waals surface area contributed by atoms with Gasteiger partial charge < -0.3 is 4.74 Å². The van der Waals surface area contributed by atoms with E-state index in [1.807, 2.05) is 36.4 Å². The highest BCUT2D eigenvalue weighted by Gasteiger charge is 2.06. The van der Waals surface area contributed by atoms with E-state index in [-0.39, 0.29) is 0 Å². The zero-order chi connectivity index (χ0) is 13.2. The first-order chi connectivity index (χ1) is 8.77. The Balaban J connectivity index is 0.000000135. The Morgan fingerprint density at radius 2 is 1.44 bits per heavy atom. The zero-order valence-electron chi connectivity index (χ0n) is 10.4. The number of esters is 1. The summed E-state index contributed by atoms with van der Waals surface area (Å²) >= 11 is 0. The molecule has 0 heterocycles. The molecule has 0 saturated heterocycles. The largest absolute Gasteiger partial charge is 0.466 e. The fourth-order valence-electron chi connectivity index (χ4n) is 1.14. The number of ether oxygens (including phenoxy) is 1.